The van der Waals surface area contributed by atoms with Crippen LogP contribution in [0.2, 0.25) is 0 Å². The lowest BCUT2D eigenvalue weighted by Crippen LogP contribution is -2.51. The van der Waals surface area contributed by atoms with Gasteiger partial charge in [0, 0.05) is 77.2 Å². The smallest absolute Gasteiger partial charge is 0.315 e. The molecule has 41 heavy (non-hydrogen) atoms. The lowest BCUT2D eigenvalue weighted by Gasteiger charge is -2.35. The maximum absolute atomic E-state index is 13.8. The van der Waals surface area contributed by atoms with Crippen LogP contribution in [0.15, 0.2) is 18.2 Å². The van der Waals surface area contributed by atoms with Gasteiger partial charge in [-0.3, -0.25) is 4.79 Å². The fourth-order valence-corrected chi connectivity index (χ4v) is 6.05. The number of methoxy groups -OCH3 is 2. The maximum atomic E-state index is 13.8. The quantitative estimate of drug-likeness (QED) is 0.276. The number of urea groups is 1. The van der Waals surface area contributed by atoms with E-state index in [9.17, 15) is 9.59 Å². The van der Waals surface area contributed by atoms with Gasteiger partial charge in [0.25, 0.3) is 5.91 Å². The van der Waals surface area contributed by atoms with E-state index >= 15 is 0 Å². The van der Waals surface area contributed by atoms with E-state index in [1.807, 2.05) is 4.90 Å². The average Bonchev–Trinajstić information content (AvgIpc) is 3.73. The van der Waals surface area contributed by atoms with Crippen molar-refractivity contribution in [2.24, 2.45) is 23.7 Å². The minimum absolute atomic E-state index is 0.0204. The van der Waals surface area contributed by atoms with Crippen molar-refractivity contribution in [3.8, 4) is 11.5 Å². The van der Waals surface area contributed by atoms with E-state index in [2.05, 4.69) is 29.8 Å². The third kappa shape index (κ3) is 8.96. The van der Waals surface area contributed by atoms with Crippen molar-refractivity contribution >= 4 is 11.9 Å². The number of ether oxygens (including phenoxy) is 4. The summed E-state index contributed by atoms with van der Waals surface area (Å²) in [6.07, 6.45) is 5.01. The Morgan fingerprint density at radius 1 is 1.07 bits per heavy atom. The summed E-state index contributed by atoms with van der Waals surface area (Å²) < 4.78 is 22.0. The van der Waals surface area contributed by atoms with Crippen molar-refractivity contribution < 1.29 is 28.5 Å². The number of amides is 3. The Bertz CT molecular complexity index is 981. The molecule has 1 saturated carbocycles. The summed E-state index contributed by atoms with van der Waals surface area (Å²) in [6, 6.07) is 5.43. The van der Waals surface area contributed by atoms with Gasteiger partial charge in [-0.1, -0.05) is 0 Å². The minimum Gasteiger partial charge on any atom is -0.493 e. The third-order valence-corrected chi connectivity index (χ3v) is 8.65. The zero-order valence-electron chi connectivity index (χ0n) is 25.3. The highest BCUT2D eigenvalue weighted by molar-refractivity contribution is 5.95. The second kappa shape index (κ2) is 15.6. The molecule has 10 nitrogen and oxygen atoms in total. The topological polar surface area (TPSA) is 110 Å². The Balaban J connectivity index is 1.40. The number of carbonyl (C=O) groups excluding carboxylic acids is 2. The Kier molecular flexibility index (Phi) is 11.9. The van der Waals surface area contributed by atoms with Crippen molar-refractivity contribution in [2.45, 2.75) is 58.0 Å². The van der Waals surface area contributed by atoms with Gasteiger partial charge >= 0.3 is 6.03 Å². The first kappa shape index (κ1) is 31.4. The number of hydrogen-bond donors (Lipinski definition) is 3. The Hall–Kier alpha value is -2.56. The highest BCUT2D eigenvalue weighted by atomic mass is 16.5. The zero-order valence-corrected chi connectivity index (χ0v) is 25.3. The molecule has 3 atom stereocenters. The van der Waals surface area contributed by atoms with Crippen LogP contribution in [-0.2, 0) is 9.47 Å². The molecule has 3 aliphatic rings. The van der Waals surface area contributed by atoms with E-state index in [4.69, 9.17) is 18.9 Å². The van der Waals surface area contributed by atoms with Gasteiger partial charge in [0.2, 0.25) is 0 Å². The van der Waals surface area contributed by atoms with Crippen LogP contribution < -0.4 is 25.4 Å². The fraction of sp³-hybridized carbons (Fsp3) is 0.742. The van der Waals surface area contributed by atoms with Crippen LogP contribution in [-0.4, -0.2) is 95.7 Å². The number of carbonyl (C=O) groups is 2. The van der Waals surface area contributed by atoms with E-state index in [0.717, 1.165) is 58.4 Å². The van der Waals surface area contributed by atoms with Crippen LogP contribution in [0, 0.1) is 23.7 Å². The monoisotopic (exact) mass is 574 g/mol. The van der Waals surface area contributed by atoms with Gasteiger partial charge in [-0.05, 0) is 81.4 Å². The average molecular weight is 575 g/mol. The lowest BCUT2D eigenvalue weighted by atomic mass is 9.85. The Morgan fingerprint density at radius 3 is 2.54 bits per heavy atom. The molecular weight excluding hydrogens is 524 g/mol. The number of benzene rings is 1. The summed E-state index contributed by atoms with van der Waals surface area (Å²) in [5.74, 6) is 2.62. The molecule has 1 aromatic rings. The normalized spacial score (nSPS) is 21.9. The minimum atomic E-state index is -0.0768. The van der Waals surface area contributed by atoms with Crippen LogP contribution in [0.4, 0.5) is 4.79 Å². The van der Waals surface area contributed by atoms with Gasteiger partial charge in [-0.15, -0.1) is 0 Å². The van der Waals surface area contributed by atoms with Crippen LogP contribution >= 0.6 is 0 Å². The predicted octanol–water partition coefficient (Wildman–Crippen LogP) is 3.30. The van der Waals surface area contributed by atoms with Gasteiger partial charge in [0.15, 0.2) is 11.5 Å². The second-order valence-electron chi connectivity index (χ2n) is 12.0. The zero-order chi connectivity index (χ0) is 29.2. The van der Waals surface area contributed by atoms with Crippen molar-refractivity contribution in [3.05, 3.63) is 23.8 Å². The van der Waals surface area contributed by atoms with Gasteiger partial charge in [0.05, 0.1) is 13.7 Å². The SMILES string of the molecule is COCCCOc1cc(C(=O)N(C[C@@H]2CNC[C@H]2C(NC(=O)NCC2CCOCC2)C2CC2)C(C)C)ccc1OC. The standard InChI is InChI=1S/C31H50N4O6/c1-21(2)35(30(36)24-8-9-27(39-4)28(16-24)41-13-5-12-38-3)20-25-18-32-19-26(25)29(23-6-7-23)34-31(37)33-17-22-10-14-40-15-11-22/h8-9,16,21-23,25-26,29,32H,5-7,10-15,17-20H2,1-4H3,(H2,33,34,37)/t25-,26+,29?/m0/s1. The van der Waals surface area contributed by atoms with Gasteiger partial charge < -0.3 is 39.8 Å². The molecule has 10 heteroatoms. The summed E-state index contributed by atoms with van der Waals surface area (Å²) in [4.78, 5) is 28.7. The molecule has 230 valence electrons. The van der Waals surface area contributed by atoms with E-state index in [-0.39, 0.29) is 35.9 Å². The summed E-state index contributed by atoms with van der Waals surface area (Å²) >= 11 is 0. The van der Waals surface area contributed by atoms with Crippen LogP contribution in [0.1, 0.15) is 56.3 Å². The molecule has 3 fully saturated rings. The molecule has 4 rings (SSSR count). The van der Waals surface area contributed by atoms with Crippen molar-refractivity contribution in [3.63, 3.8) is 0 Å². The van der Waals surface area contributed by atoms with E-state index < -0.39 is 0 Å². The number of hydrogen-bond acceptors (Lipinski definition) is 7. The number of nitrogens with zero attached hydrogens (tertiary/aromatic N) is 1. The first-order chi connectivity index (χ1) is 19.9. The predicted molar refractivity (Wildman–Crippen MR) is 158 cm³/mol. The highest BCUT2D eigenvalue weighted by Crippen LogP contribution is 2.39. The molecule has 1 aromatic carbocycles. The summed E-state index contributed by atoms with van der Waals surface area (Å²) in [6.45, 7) is 9.73. The molecule has 0 radical (unpaired) electrons. The number of rotatable bonds is 15. The number of nitrogens with one attached hydrogen (secondary N) is 3. The molecule has 2 heterocycles. The molecule has 1 aliphatic carbocycles. The summed E-state index contributed by atoms with van der Waals surface area (Å²) in [5, 5.41) is 10.0. The van der Waals surface area contributed by atoms with Gasteiger partial charge in [0.1, 0.15) is 0 Å². The molecule has 2 aliphatic heterocycles. The molecule has 3 amide bonds. The first-order valence-corrected chi connectivity index (χ1v) is 15.3. The van der Waals surface area contributed by atoms with E-state index in [0.29, 0.717) is 55.2 Å². The first-order valence-electron chi connectivity index (χ1n) is 15.3. The molecule has 1 unspecified atom stereocenters. The van der Waals surface area contributed by atoms with Crippen molar-refractivity contribution in [1.29, 1.82) is 0 Å². The van der Waals surface area contributed by atoms with E-state index in [1.165, 1.54) is 0 Å². The van der Waals surface area contributed by atoms with Crippen molar-refractivity contribution in [1.82, 2.24) is 20.9 Å². The maximum Gasteiger partial charge on any atom is 0.315 e. The third-order valence-electron chi connectivity index (χ3n) is 8.65. The van der Waals surface area contributed by atoms with Gasteiger partial charge in [-0.2, -0.15) is 0 Å². The summed E-state index contributed by atoms with van der Waals surface area (Å²) in [5.41, 5.74) is 0.577. The largest absolute Gasteiger partial charge is 0.493 e. The Labute approximate surface area is 245 Å². The molecule has 3 N–H and O–H groups in total. The fourth-order valence-electron chi connectivity index (χ4n) is 6.05. The highest BCUT2D eigenvalue weighted by Gasteiger charge is 2.43. The van der Waals surface area contributed by atoms with Crippen LogP contribution in [0.5, 0.6) is 11.5 Å². The molecule has 0 aromatic heterocycles. The molecule has 0 spiro atoms. The lowest BCUT2D eigenvalue weighted by molar-refractivity contribution is 0.0649. The second-order valence-corrected chi connectivity index (χ2v) is 12.0. The summed E-state index contributed by atoms with van der Waals surface area (Å²) in [7, 11) is 3.26. The molecule has 2 saturated heterocycles. The molecular formula is C31H50N4O6. The van der Waals surface area contributed by atoms with E-state index in [1.54, 1.807) is 32.4 Å². The Morgan fingerprint density at radius 2 is 1.85 bits per heavy atom. The van der Waals surface area contributed by atoms with Crippen LogP contribution in [0.25, 0.3) is 0 Å². The van der Waals surface area contributed by atoms with Crippen LogP contribution in [0.3, 0.4) is 0 Å². The molecule has 0 bridgehead atoms. The van der Waals surface area contributed by atoms with Gasteiger partial charge in [-0.25, -0.2) is 4.79 Å². The van der Waals surface area contributed by atoms with Crippen molar-refractivity contribution in [2.75, 3.05) is 66.8 Å².